The first kappa shape index (κ1) is 12.3. The van der Waals surface area contributed by atoms with Crippen LogP contribution in [0.2, 0.25) is 0 Å². The maximum absolute atomic E-state index is 11.3. The van der Waals surface area contributed by atoms with Gasteiger partial charge in [-0.3, -0.25) is 0 Å². The third kappa shape index (κ3) is 1.91. The quantitative estimate of drug-likeness (QED) is 0.786. The van der Waals surface area contributed by atoms with Gasteiger partial charge in [-0.25, -0.2) is 4.79 Å². The van der Waals surface area contributed by atoms with Crippen LogP contribution in [0.15, 0.2) is 59.2 Å². The number of benzene rings is 1. The molecule has 0 spiro atoms. The minimum absolute atomic E-state index is 0.278. The number of nitrogens with zero attached hydrogens (tertiary/aromatic N) is 1. The van der Waals surface area contributed by atoms with Crippen LogP contribution in [0.1, 0.15) is 16.1 Å². The topological polar surface area (TPSA) is 55.4 Å². The third-order valence-corrected chi connectivity index (χ3v) is 3.27. The van der Waals surface area contributed by atoms with E-state index in [1.807, 2.05) is 41.0 Å². The fourth-order valence-electron chi connectivity index (χ4n) is 2.34. The van der Waals surface area contributed by atoms with Crippen LogP contribution in [0.25, 0.3) is 17.1 Å². The van der Waals surface area contributed by atoms with Crippen LogP contribution in [0.4, 0.5) is 0 Å². The van der Waals surface area contributed by atoms with E-state index in [1.165, 1.54) is 0 Å². The zero-order valence-corrected chi connectivity index (χ0v) is 10.9. The minimum Gasteiger partial charge on any atom is -0.478 e. The van der Waals surface area contributed by atoms with Gasteiger partial charge in [0.2, 0.25) is 0 Å². The molecular formula is C16H13NO3. The zero-order chi connectivity index (χ0) is 14.1. The average Bonchev–Trinajstić information content (AvgIpc) is 3.06. The molecule has 4 nitrogen and oxygen atoms in total. The van der Waals surface area contributed by atoms with Crippen molar-refractivity contribution in [1.29, 1.82) is 0 Å². The highest BCUT2D eigenvalue weighted by Gasteiger charge is 2.20. The molecule has 0 saturated heterocycles. The summed E-state index contributed by atoms with van der Waals surface area (Å²) < 4.78 is 7.31. The van der Waals surface area contributed by atoms with Crippen molar-refractivity contribution in [2.45, 2.75) is 6.92 Å². The molecule has 100 valence electrons. The number of carbonyl (C=O) groups is 1. The van der Waals surface area contributed by atoms with Crippen molar-refractivity contribution in [2.75, 3.05) is 0 Å². The highest BCUT2D eigenvalue weighted by molar-refractivity contribution is 5.91. The second-order valence-corrected chi connectivity index (χ2v) is 4.48. The summed E-state index contributed by atoms with van der Waals surface area (Å²) in [6, 6.07) is 14.9. The molecular weight excluding hydrogens is 254 g/mol. The van der Waals surface area contributed by atoms with Crippen LogP contribution in [-0.4, -0.2) is 15.6 Å². The van der Waals surface area contributed by atoms with Crippen LogP contribution in [0.3, 0.4) is 0 Å². The SMILES string of the molecule is Cc1c(C(=O)O)cc(-c2ccco2)n1-c1ccccc1. The fraction of sp³-hybridized carbons (Fsp3) is 0.0625. The first-order chi connectivity index (χ1) is 9.68. The number of furan rings is 1. The lowest BCUT2D eigenvalue weighted by molar-refractivity contribution is 0.0696. The zero-order valence-electron chi connectivity index (χ0n) is 10.9. The van der Waals surface area contributed by atoms with E-state index in [4.69, 9.17) is 4.42 Å². The normalized spacial score (nSPS) is 10.7. The Kier molecular flexibility index (Phi) is 2.91. The Morgan fingerprint density at radius 3 is 2.50 bits per heavy atom. The van der Waals surface area contributed by atoms with Gasteiger partial charge in [0, 0.05) is 11.4 Å². The number of hydrogen-bond acceptors (Lipinski definition) is 2. The largest absolute Gasteiger partial charge is 0.478 e. The highest BCUT2D eigenvalue weighted by atomic mass is 16.4. The number of para-hydroxylation sites is 1. The van der Waals surface area contributed by atoms with Crippen LogP contribution in [0.5, 0.6) is 0 Å². The van der Waals surface area contributed by atoms with Crippen molar-refractivity contribution in [3.63, 3.8) is 0 Å². The first-order valence-corrected chi connectivity index (χ1v) is 6.23. The summed E-state index contributed by atoms with van der Waals surface area (Å²) in [7, 11) is 0. The lowest BCUT2D eigenvalue weighted by atomic mass is 10.2. The Hall–Kier alpha value is -2.75. The predicted molar refractivity (Wildman–Crippen MR) is 75.2 cm³/mol. The van der Waals surface area contributed by atoms with Crippen LogP contribution < -0.4 is 0 Å². The number of rotatable bonds is 3. The molecule has 0 radical (unpaired) electrons. The average molecular weight is 267 g/mol. The number of aromatic nitrogens is 1. The summed E-state index contributed by atoms with van der Waals surface area (Å²) in [6.07, 6.45) is 1.58. The van der Waals surface area contributed by atoms with Gasteiger partial charge in [0.25, 0.3) is 0 Å². The summed E-state index contributed by atoms with van der Waals surface area (Å²) in [5.74, 6) is -0.297. The van der Waals surface area contributed by atoms with Gasteiger partial charge in [-0.15, -0.1) is 0 Å². The van der Waals surface area contributed by atoms with E-state index < -0.39 is 5.97 Å². The maximum atomic E-state index is 11.3. The van der Waals surface area contributed by atoms with Gasteiger partial charge in [0.15, 0.2) is 5.76 Å². The van der Waals surface area contributed by atoms with E-state index in [0.29, 0.717) is 11.5 Å². The highest BCUT2D eigenvalue weighted by Crippen LogP contribution is 2.29. The Bertz CT molecular complexity index is 740. The summed E-state index contributed by atoms with van der Waals surface area (Å²) >= 11 is 0. The van der Waals surface area contributed by atoms with Crippen LogP contribution >= 0.6 is 0 Å². The van der Waals surface area contributed by atoms with Gasteiger partial charge < -0.3 is 14.1 Å². The van der Waals surface area contributed by atoms with Crippen molar-refractivity contribution in [2.24, 2.45) is 0 Å². The lowest BCUT2D eigenvalue weighted by Gasteiger charge is -2.10. The minimum atomic E-state index is -0.940. The van der Waals surface area contributed by atoms with E-state index in [0.717, 1.165) is 11.4 Å². The fourth-order valence-corrected chi connectivity index (χ4v) is 2.34. The van der Waals surface area contributed by atoms with Gasteiger partial charge in [0.05, 0.1) is 17.5 Å². The molecule has 0 saturated carbocycles. The maximum Gasteiger partial charge on any atom is 0.337 e. The second kappa shape index (κ2) is 4.74. The smallest absolute Gasteiger partial charge is 0.337 e. The van der Waals surface area contributed by atoms with Crippen molar-refractivity contribution >= 4 is 5.97 Å². The van der Waals surface area contributed by atoms with E-state index in [1.54, 1.807) is 25.3 Å². The molecule has 20 heavy (non-hydrogen) atoms. The van der Waals surface area contributed by atoms with E-state index in [2.05, 4.69) is 0 Å². The lowest BCUT2D eigenvalue weighted by Crippen LogP contribution is -2.02. The molecule has 3 rings (SSSR count). The third-order valence-electron chi connectivity index (χ3n) is 3.27. The number of aromatic carboxylic acids is 1. The molecule has 0 aliphatic heterocycles. The molecule has 0 unspecified atom stereocenters. The first-order valence-electron chi connectivity index (χ1n) is 6.23. The van der Waals surface area contributed by atoms with E-state index in [9.17, 15) is 9.90 Å². The molecule has 3 aromatic rings. The van der Waals surface area contributed by atoms with Gasteiger partial charge in [0.1, 0.15) is 0 Å². The van der Waals surface area contributed by atoms with Crippen LogP contribution in [0, 0.1) is 6.92 Å². The van der Waals surface area contributed by atoms with Gasteiger partial charge in [-0.2, -0.15) is 0 Å². The van der Waals surface area contributed by atoms with E-state index >= 15 is 0 Å². The summed E-state index contributed by atoms with van der Waals surface area (Å²) in [5, 5.41) is 9.30. The molecule has 1 N–H and O–H groups in total. The Morgan fingerprint density at radius 1 is 1.15 bits per heavy atom. The monoisotopic (exact) mass is 267 g/mol. The molecule has 0 amide bonds. The standard InChI is InChI=1S/C16H13NO3/c1-11-13(16(18)19)10-14(15-8-5-9-20-15)17(11)12-6-3-2-4-7-12/h2-10H,1H3,(H,18,19). The second-order valence-electron chi connectivity index (χ2n) is 4.48. The summed E-state index contributed by atoms with van der Waals surface area (Å²) in [5.41, 5.74) is 2.59. The van der Waals surface area contributed by atoms with Crippen LogP contribution in [-0.2, 0) is 0 Å². The van der Waals surface area contributed by atoms with Gasteiger partial charge >= 0.3 is 5.97 Å². The molecule has 0 atom stereocenters. The number of carboxylic acids is 1. The summed E-state index contributed by atoms with van der Waals surface area (Å²) in [6.45, 7) is 1.79. The van der Waals surface area contributed by atoms with Crippen molar-refractivity contribution in [3.05, 3.63) is 66.1 Å². The molecule has 2 aromatic heterocycles. The van der Waals surface area contributed by atoms with Gasteiger partial charge in [-0.05, 0) is 37.3 Å². The Balaban J connectivity index is 2.29. The van der Waals surface area contributed by atoms with Crippen molar-refractivity contribution < 1.29 is 14.3 Å². The van der Waals surface area contributed by atoms with E-state index in [-0.39, 0.29) is 5.56 Å². The number of hydrogen-bond donors (Lipinski definition) is 1. The number of carboxylic acid groups (broad SMARTS) is 1. The van der Waals surface area contributed by atoms with Crippen molar-refractivity contribution in [3.8, 4) is 17.1 Å². The molecule has 0 fully saturated rings. The van der Waals surface area contributed by atoms with Gasteiger partial charge in [-0.1, -0.05) is 18.2 Å². The molecule has 0 bridgehead atoms. The molecule has 1 aromatic carbocycles. The molecule has 0 aliphatic rings. The Morgan fingerprint density at radius 2 is 1.90 bits per heavy atom. The molecule has 0 aliphatic carbocycles. The summed E-state index contributed by atoms with van der Waals surface area (Å²) in [4.78, 5) is 11.3. The molecule has 2 heterocycles. The van der Waals surface area contributed by atoms with Crippen molar-refractivity contribution in [1.82, 2.24) is 4.57 Å². The molecule has 4 heteroatoms. The predicted octanol–water partition coefficient (Wildman–Crippen LogP) is 3.74. The Labute approximate surface area is 115 Å².